The monoisotopic (exact) mass is 450 g/mol. The van der Waals surface area contributed by atoms with Gasteiger partial charge in [0.2, 0.25) is 0 Å². The van der Waals surface area contributed by atoms with E-state index in [9.17, 15) is 20.4 Å². The maximum atomic E-state index is 10.7. The zero-order valence-corrected chi connectivity index (χ0v) is 18.0. The molecule has 2 aliphatic heterocycles. The maximum Gasteiger partial charge on any atom is 0.129 e. The van der Waals surface area contributed by atoms with Crippen molar-refractivity contribution in [3.05, 3.63) is 57.6 Å². The third kappa shape index (κ3) is 4.26. The van der Waals surface area contributed by atoms with Crippen LogP contribution in [0, 0.1) is 0 Å². The molecule has 0 bridgehead atoms. The summed E-state index contributed by atoms with van der Waals surface area (Å²) in [6, 6.07) is 9.49. The first-order valence-corrected chi connectivity index (χ1v) is 10.7. The summed E-state index contributed by atoms with van der Waals surface area (Å²) in [5, 5.41) is 41.3. The summed E-state index contributed by atoms with van der Waals surface area (Å²) in [7, 11) is 1.61. The summed E-state index contributed by atoms with van der Waals surface area (Å²) in [6.07, 6.45) is -4.17. The minimum atomic E-state index is -1.46. The molecular formula is C23H27ClO7. The van der Waals surface area contributed by atoms with E-state index in [4.69, 9.17) is 25.8 Å². The zero-order valence-electron chi connectivity index (χ0n) is 17.2. The zero-order chi connectivity index (χ0) is 22.1. The maximum absolute atomic E-state index is 10.7. The van der Waals surface area contributed by atoms with Crippen molar-refractivity contribution in [2.75, 3.05) is 20.3 Å². The summed E-state index contributed by atoms with van der Waals surface area (Å²) in [5.74, 6) is 1.30. The van der Waals surface area contributed by atoms with Gasteiger partial charge in [0.15, 0.2) is 0 Å². The molecule has 0 saturated carbocycles. The lowest BCUT2D eigenvalue weighted by Gasteiger charge is -2.41. The Kier molecular flexibility index (Phi) is 6.71. The molecule has 7 nitrogen and oxygen atoms in total. The van der Waals surface area contributed by atoms with Crippen LogP contribution in [0.1, 0.15) is 34.8 Å². The smallest absolute Gasteiger partial charge is 0.129 e. The predicted molar refractivity (Wildman–Crippen MR) is 114 cm³/mol. The number of halogens is 1. The Morgan fingerprint density at radius 2 is 1.84 bits per heavy atom. The second-order valence-corrected chi connectivity index (χ2v) is 8.35. The molecular weight excluding hydrogens is 424 g/mol. The Bertz CT molecular complexity index is 915. The molecule has 2 aliphatic rings. The van der Waals surface area contributed by atoms with Crippen LogP contribution in [0.2, 0.25) is 5.02 Å². The first kappa shape index (κ1) is 22.3. The lowest BCUT2D eigenvalue weighted by Crippen LogP contribution is -2.55. The summed E-state index contributed by atoms with van der Waals surface area (Å²) in [4.78, 5) is 0. The number of ether oxygens (including phenoxy) is 3. The molecule has 0 radical (unpaired) electrons. The largest absolute Gasteiger partial charge is 0.497 e. The van der Waals surface area contributed by atoms with Crippen LogP contribution in [0.3, 0.4) is 0 Å². The summed E-state index contributed by atoms with van der Waals surface area (Å²) in [6.45, 7) is 0.0162. The van der Waals surface area contributed by atoms with Gasteiger partial charge in [0.05, 0.1) is 25.3 Å². The predicted octanol–water partition coefficient (Wildman–Crippen LogP) is 1.78. The number of hydrogen-bond donors (Lipinski definition) is 4. The highest BCUT2D eigenvalue weighted by Gasteiger charge is 2.45. The highest BCUT2D eigenvalue weighted by molar-refractivity contribution is 6.32. The molecule has 0 spiro atoms. The first-order chi connectivity index (χ1) is 14.9. The van der Waals surface area contributed by atoms with Crippen molar-refractivity contribution < 1.29 is 34.6 Å². The standard InChI is InChI=1S/C23H27ClO7/c1-29-14-6-4-12(5-7-14)9-13-10-16(22-15(18(13)24)3-2-8-30-22)23-21(28)20(27)19(26)17(11-25)31-23/h4-7,10,17,19-21,23,25-28H,2-3,8-9,11H2,1H3/t17?,19-,20?,21-,23+/m1/s1. The van der Waals surface area contributed by atoms with Crippen molar-refractivity contribution >= 4 is 11.6 Å². The van der Waals surface area contributed by atoms with E-state index in [0.717, 1.165) is 35.3 Å². The molecule has 0 aliphatic carbocycles. The van der Waals surface area contributed by atoms with Gasteiger partial charge in [0.25, 0.3) is 0 Å². The number of hydrogen-bond acceptors (Lipinski definition) is 7. The van der Waals surface area contributed by atoms with Crippen LogP contribution < -0.4 is 9.47 Å². The van der Waals surface area contributed by atoms with Crippen LogP contribution in [0.15, 0.2) is 30.3 Å². The van der Waals surface area contributed by atoms with Gasteiger partial charge >= 0.3 is 0 Å². The van der Waals surface area contributed by atoms with Crippen LogP contribution in [0.5, 0.6) is 11.5 Å². The highest BCUT2D eigenvalue weighted by Crippen LogP contribution is 2.44. The number of benzene rings is 2. The van der Waals surface area contributed by atoms with Gasteiger partial charge in [-0.05, 0) is 48.6 Å². The van der Waals surface area contributed by atoms with Crippen LogP contribution >= 0.6 is 11.6 Å². The second kappa shape index (κ2) is 9.32. The van der Waals surface area contributed by atoms with E-state index in [0.29, 0.717) is 29.4 Å². The minimum Gasteiger partial charge on any atom is -0.497 e. The van der Waals surface area contributed by atoms with Gasteiger partial charge in [-0.2, -0.15) is 0 Å². The van der Waals surface area contributed by atoms with Crippen molar-refractivity contribution in [3.8, 4) is 11.5 Å². The van der Waals surface area contributed by atoms with Crippen LogP contribution in [0.4, 0.5) is 0 Å². The Hall–Kier alpha value is -1.87. The van der Waals surface area contributed by atoms with Gasteiger partial charge in [-0.15, -0.1) is 0 Å². The van der Waals surface area contributed by atoms with Crippen molar-refractivity contribution in [2.45, 2.75) is 49.8 Å². The van der Waals surface area contributed by atoms with E-state index in [1.54, 1.807) is 7.11 Å². The van der Waals surface area contributed by atoms with E-state index in [-0.39, 0.29) is 0 Å². The average molecular weight is 451 g/mol. The molecule has 1 saturated heterocycles. The highest BCUT2D eigenvalue weighted by atomic mass is 35.5. The van der Waals surface area contributed by atoms with Crippen molar-refractivity contribution in [3.63, 3.8) is 0 Å². The van der Waals surface area contributed by atoms with E-state index < -0.39 is 37.1 Å². The quantitative estimate of drug-likeness (QED) is 0.549. The molecule has 4 rings (SSSR count). The van der Waals surface area contributed by atoms with Crippen molar-refractivity contribution in [1.82, 2.24) is 0 Å². The number of fused-ring (bicyclic) bond motifs is 1. The minimum absolute atomic E-state index is 0.489. The fraction of sp³-hybridized carbons (Fsp3) is 0.478. The van der Waals surface area contributed by atoms with Crippen LogP contribution in [0.25, 0.3) is 0 Å². The molecule has 4 N–H and O–H groups in total. The number of rotatable bonds is 5. The SMILES string of the molecule is COc1ccc(Cc2cc([C@@H]3OC(CO)[C@@H](O)C(O)[C@H]3O)c3c(c2Cl)CCCO3)cc1. The number of aliphatic hydroxyl groups excluding tert-OH is 4. The topological polar surface area (TPSA) is 109 Å². The molecule has 8 heteroatoms. The lowest BCUT2D eigenvalue weighted by atomic mass is 9.87. The third-order valence-corrected chi connectivity index (χ3v) is 6.45. The Morgan fingerprint density at radius 1 is 1.10 bits per heavy atom. The van der Waals surface area contributed by atoms with Gasteiger partial charge in [-0.25, -0.2) is 0 Å². The first-order valence-electron chi connectivity index (χ1n) is 10.3. The molecule has 31 heavy (non-hydrogen) atoms. The summed E-state index contributed by atoms with van der Waals surface area (Å²) in [5.41, 5.74) is 3.26. The van der Waals surface area contributed by atoms with E-state index in [2.05, 4.69) is 0 Å². The lowest BCUT2D eigenvalue weighted by molar-refractivity contribution is -0.232. The van der Waals surface area contributed by atoms with E-state index in [1.165, 1.54) is 0 Å². The fourth-order valence-corrected chi connectivity index (χ4v) is 4.56. The molecule has 2 unspecified atom stereocenters. The molecule has 168 valence electrons. The van der Waals surface area contributed by atoms with Gasteiger partial charge in [-0.3, -0.25) is 0 Å². The molecule has 2 heterocycles. The molecule has 1 fully saturated rings. The van der Waals surface area contributed by atoms with Crippen molar-refractivity contribution in [2.24, 2.45) is 0 Å². The number of methoxy groups -OCH3 is 1. The third-order valence-electron chi connectivity index (χ3n) is 5.98. The Balaban J connectivity index is 1.75. The molecule has 0 aromatic heterocycles. The molecule has 0 amide bonds. The molecule has 2 aromatic rings. The molecule has 2 aromatic carbocycles. The van der Waals surface area contributed by atoms with E-state index >= 15 is 0 Å². The van der Waals surface area contributed by atoms with Gasteiger partial charge in [0, 0.05) is 11.1 Å². The van der Waals surface area contributed by atoms with Gasteiger partial charge in [0.1, 0.15) is 42.0 Å². The summed E-state index contributed by atoms with van der Waals surface area (Å²) < 4.78 is 16.9. The van der Waals surface area contributed by atoms with Crippen LogP contribution in [-0.4, -0.2) is 65.2 Å². The van der Waals surface area contributed by atoms with E-state index in [1.807, 2.05) is 30.3 Å². The van der Waals surface area contributed by atoms with Gasteiger partial charge in [-0.1, -0.05) is 23.7 Å². The summed E-state index contributed by atoms with van der Waals surface area (Å²) >= 11 is 6.75. The Labute approximate surface area is 185 Å². The fourth-order valence-electron chi connectivity index (χ4n) is 4.26. The molecule has 5 atom stereocenters. The van der Waals surface area contributed by atoms with Gasteiger partial charge < -0.3 is 34.6 Å². The van der Waals surface area contributed by atoms with Crippen LogP contribution in [-0.2, 0) is 17.6 Å². The van der Waals surface area contributed by atoms with Crippen molar-refractivity contribution in [1.29, 1.82) is 0 Å². The average Bonchev–Trinajstić information content (AvgIpc) is 2.80. The Morgan fingerprint density at radius 3 is 2.52 bits per heavy atom. The normalized spacial score (nSPS) is 28.0. The number of aliphatic hydroxyl groups is 4. The second-order valence-electron chi connectivity index (χ2n) is 7.97.